The molecule has 21 heavy (non-hydrogen) atoms. The molecule has 4 nitrogen and oxygen atoms in total. The van der Waals surface area contributed by atoms with Crippen LogP contribution in [-0.4, -0.2) is 35.0 Å². The Kier molecular flexibility index (Phi) is 4.19. The molecule has 1 N–H and O–H groups in total. The molecule has 3 rings (SSSR count). The number of benzene rings is 1. The minimum absolute atomic E-state index is 0.0476. The molecule has 112 valence electrons. The normalized spacial score (nSPS) is 25.1. The Bertz CT molecular complexity index is 570. The van der Waals surface area contributed by atoms with Crippen LogP contribution in [0.4, 0.5) is 0 Å². The molecule has 0 aromatic heterocycles. The van der Waals surface area contributed by atoms with Crippen molar-refractivity contribution in [3.8, 4) is 0 Å². The molecule has 1 amide bonds. The minimum Gasteiger partial charge on any atom is -0.481 e. The second-order valence-electron chi connectivity index (χ2n) is 6.05. The standard InChI is InChI=1S/C16H18INO3/c17-12-3-1-2-10(6-12)7-15(19)18-8-13(11-4-5-11)14(9-18)16(20)21/h1-3,6,11,13-14H,4-5,7-9H2,(H,20,21)/t13-,14+/m1/s1. The third-order valence-electron chi connectivity index (χ3n) is 4.51. The van der Waals surface area contributed by atoms with Crippen LogP contribution in [0.15, 0.2) is 24.3 Å². The van der Waals surface area contributed by atoms with E-state index in [1.807, 2.05) is 24.3 Å². The van der Waals surface area contributed by atoms with Crippen molar-refractivity contribution in [2.45, 2.75) is 19.3 Å². The molecule has 2 aliphatic rings. The van der Waals surface area contributed by atoms with Crippen molar-refractivity contribution in [3.05, 3.63) is 33.4 Å². The maximum atomic E-state index is 12.4. The number of carboxylic acid groups (broad SMARTS) is 1. The number of carbonyl (C=O) groups is 2. The fraction of sp³-hybridized carbons (Fsp3) is 0.500. The number of likely N-dealkylation sites (tertiary alicyclic amines) is 1. The summed E-state index contributed by atoms with van der Waals surface area (Å²) in [4.78, 5) is 25.5. The van der Waals surface area contributed by atoms with Gasteiger partial charge in [-0.2, -0.15) is 0 Å². The van der Waals surface area contributed by atoms with Gasteiger partial charge in [0, 0.05) is 16.7 Å². The zero-order valence-electron chi connectivity index (χ0n) is 11.7. The molecule has 1 saturated carbocycles. The van der Waals surface area contributed by atoms with E-state index in [4.69, 9.17) is 0 Å². The highest BCUT2D eigenvalue weighted by atomic mass is 127. The van der Waals surface area contributed by atoms with Gasteiger partial charge in [-0.25, -0.2) is 0 Å². The quantitative estimate of drug-likeness (QED) is 0.792. The van der Waals surface area contributed by atoms with Crippen molar-refractivity contribution in [2.75, 3.05) is 13.1 Å². The Morgan fingerprint density at radius 1 is 1.29 bits per heavy atom. The number of nitrogens with zero attached hydrogens (tertiary/aromatic N) is 1. The van der Waals surface area contributed by atoms with Gasteiger partial charge in [0.15, 0.2) is 0 Å². The lowest BCUT2D eigenvalue weighted by Crippen LogP contribution is -2.31. The van der Waals surface area contributed by atoms with Gasteiger partial charge in [-0.15, -0.1) is 0 Å². The van der Waals surface area contributed by atoms with Gasteiger partial charge in [-0.05, 0) is 65.0 Å². The first kappa shape index (κ1) is 14.8. The molecule has 1 aliphatic heterocycles. The third-order valence-corrected chi connectivity index (χ3v) is 5.18. The molecule has 1 saturated heterocycles. The molecule has 1 aromatic carbocycles. The average molecular weight is 399 g/mol. The first-order valence-corrected chi connectivity index (χ1v) is 8.37. The number of hydrogen-bond donors (Lipinski definition) is 1. The van der Waals surface area contributed by atoms with Gasteiger partial charge in [0.2, 0.25) is 5.91 Å². The van der Waals surface area contributed by atoms with Crippen LogP contribution < -0.4 is 0 Å². The summed E-state index contributed by atoms with van der Waals surface area (Å²) in [5, 5.41) is 9.35. The van der Waals surface area contributed by atoms with E-state index >= 15 is 0 Å². The van der Waals surface area contributed by atoms with E-state index in [1.165, 1.54) is 0 Å². The van der Waals surface area contributed by atoms with Crippen LogP contribution in [0.3, 0.4) is 0 Å². The molecule has 2 fully saturated rings. The molecular formula is C16H18INO3. The number of carboxylic acids is 1. The first-order valence-electron chi connectivity index (χ1n) is 7.29. The Labute approximate surface area is 137 Å². The van der Waals surface area contributed by atoms with Gasteiger partial charge < -0.3 is 10.0 Å². The molecule has 1 heterocycles. The molecule has 0 radical (unpaired) electrons. The van der Waals surface area contributed by atoms with Crippen LogP contribution >= 0.6 is 22.6 Å². The van der Waals surface area contributed by atoms with Gasteiger partial charge in [0.1, 0.15) is 0 Å². The molecule has 1 aliphatic carbocycles. The summed E-state index contributed by atoms with van der Waals surface area (Å²) in [5.41, 5.74) is 0.994. The molecule has 1 aromatic rings. The molecule has 2 atom stereocenters. The summed E-state index contributed by atoms with van der Waals surface area (Å²) in [6.07, 6.45) is 2.60. The minimum atomic E-state index is -0.753. The largest absolute Gasteiger partial charge is 0.481 e. The lowest BCUT2D eigenvalue weighted by atomic mass is 9.92. The predicted octanol–water partition coefficient (Wildman–Crippen LogP) is 2.40. The van der Waals surface area contributed by atoms with E-state index in [0.29, 0.717) is 25.4 Å². The second-order valence-corrected chi connectivity index (χ2v) is 7.30. The van der Waals surface area contributed by atoms with E-state index in [-0.39, 0.29) is 17.7 Å². The summed E-state index contributed by atoms with van der Waals surface area (Å²) >= 11 is 2.23. The van der Waals surface area contributed by atoms with Crippen LogP contribution in [0.5, 0.6) is 0 Å². The molecule has 0 bridgehead atoms. The first-order chi connectivity index (χ1) is 10.0. The average Bonchev–Trinajstić information content (AvgIpc) is 3.17. The number of hydrogen-bond acceptors (Lipinski definition) is 2. The molecule has 0 spiro atoms. The van der Waals surface area contributed by atoms with E-state index in [1.54, 1.807) is 4.90 Å². The van der Waals surface area contributed by atoms with Crippen molar-refractivity contribution >= 4 is 34.5 Å². The van der Waals surface area contributed by atoms with Crippen molar-refractivity contribution in [3.63, 3.8) is 0 Å². The van der Waals surface area contributed by atoms with Crippen LogP contribution in [-0.2, 0) is 16.0 Å². The summed E-state index contributed by atoms with van der Waals surface area (Å²) < 4.78 is 1.11. The third kappa shape index (κ3) is 3.39. The van der Waals surface area contributed by atoms with Crippen molar-refractivity contribution in [1.82, 2.24) is 4.90 Å². The fourth-order valence-electron chi connectivity index (χ4n) is 3.23. The van der Waals surface area contributed by atoms with Gasteiger partial charge in [-0.1, -0.05) is 12.1 Å². The summed E-state index contributed by atoms with van der Waals surface area (Å²) in [6.45, 7) is 0.990. The summed E-state index contributed by atoms with van der Waals surface area (Å²) in [5.74, 6) is -0.413. The van der Waals surface area contributed by atoms with E-state index in [0.717, 1.165) is 22.0 Å². The number of amides is 1. The maximum absolute atomic E-state index is 12.4. The summed E-state index contributed by atoms with van der Waals surface area (Å²) in [7, 11) is 0. The lowest BCUT2D eigenvalue weighted by Gasteiger charge is -2.16. The van der Waals surface area contributed by atoms with E-state index < -0.39 is 5.97 Å². The monoisotopic (exact) mass is 399 g/mol. The van der Waals surface area contributed by atoms with Crippen LogP contribution in [0, 0.1) is 21.3 Å². The second kappa shape index (κ2) is 5.94. The van der Waals surface area contributed by atoms with Gasteiger partial charge in [0.25, 0.3) is 0 Å². The van der Waals surface area contributed by atoms with Crippen molar-refractivity contribution in [1.29, 1.82) is 0 Å². The predicted molar refractivity (Wildman–Crippen MR) is 86.8 cm³/mol. The number of rotatable bonds is 4. The molecular weight excluding hydrogens is 381 g/mol. The Morgan fingerprint density at radius 3 is 2.67 bits per heavy atom. The van der Waals surface area contributed by atoms with Gasteiger partial charge >= 0.3 is 5.97 Å². The zero-order valence-corrected chi connectivity index (χ0v) is 13.8. The van der Waals surface area contributed by atoms with Crippen LogP contribution in [0.25, 0.3) is 0 Å². The van der Waals surface area contributed by atoms with E-state index in [2.05, 4.69) is 22.6 Å². The van der Waals surface area contributed by atoms with Crippen molar-refractivity contribution < 1.29 is 14.7 Å². The van der Waals surface area contributed by atoms with Crippen LogP contribution in [0.1, 0.15) is 18.4 Å². The van der Waals surface area contributed by atoms with Gasteiger partial charge in [-0.3, -0.25) is 9.59 Å². The van der Waals surface area contributed by atoms with E-state index in [9.17, 15) is 14.7 Å². The number of halogens is 1. The molecule has 0 unspecified atom stereocenters. The highest BCUT2D eigenvalue weighted by Gasteiger charge is 2.46. The maximum Gasteiger partial charge on any atom is 0.308 e. The van der Waals surface area contributed by atoms with Crippen molar-refractivity contribution in [2.24, 2.45) is 17.8 Å². The Balaban J connectivity index is 1.66. The highest BCUT2D eigenvalue weighted by Crippen LogP contribution is 2.44. The van der Waals surface area contributed by atoms with Gasteiger partial charge in [0.05, 0.1) is 12.3 Å². The Morgan fingerprint density at radius 2 is 2.05 bits per heavy atom. The Hall–Kier alpha value is -1.11. The number of carbonyl (C=O) groups excluding carboxylic acids is 1. The SMILES string of the molecule is O=C(O)[C@H]1CN(C(=O)Cc2cccc(I)c2)C[C@@H]1C1CC1. The number of aliphatic carboxylic acids is 1. The topological polar surface area (TPSA) is 57.6 Å². The molecule has 5 heteroatoms. The smallest absolute Gasteiger partial charge is 0.308 e. The zero-order chi connectivity index (χ0) is 15.0. The lowest BCUT2D eigenvalue weighted by molar-refractivity contribution is -0.142. The highest BCUT2D eigenvalue weighted by molar-refractivity contribution is 14.1. The van der Waals surface area contributed by atoms with Crippen LogP contribution in [0.2, 0.25) is 0 Å². The summed E-state index contributed by atoms with van der Waals surface area (Å²) in [6, 6.07) is 7.89. The fourth-order valence-corrected chi connectivity index (χ4v) is 3.84.